The van der Waals surface area contributed by atoms with Crippen LogP contribution < -0.4 is 0 Å². The predicted molar refractivity (Wildman–Crippen MR) is 61.2 cm³/mol. The van der Waals surface area contributed by atoms with E-state index in [1.807, 2.05) is 18.4 Å². The Hall–Kier alpha value is -1.02. The molecule has 2 heteroatoms. The normalized spacial score (nSPS) is 10.4. The molecule has 0 aliphatic heterocycles. The summed E-state index contributed by atoms with van der Waals surface area (Å²) in [7, 11) is 0. The van der Waals surface area contributed by atoms with Gasteiger partial charge in [-0.25, -0.2) is 0 Å². The van der Waals surface area contributed by atoms with E-state index in [1.54, 1.807) is 6.26 Å². The zero-order chi connectivity index (χ0) is 9.97. The molecule has 0 spiro atoms. The summed E-state index contributed by atoms with van der Waals surface area (Å²) in [5.41, 5.74) is 3.64. The summed E-state index contributed by atoms with van der Waals surface area (Å²) in [6.07, 6.45) is 4.62. The molecule has 0 saturated carbocycles. The van der Waals surface area contributed by atoms with Crippen LogP contribution in [0.4, 0.5) is 0 Å². The lowest BCUT2D eigenvalue weighted by Crippen LogP contribution is -1.81. The highest BCUT2D eigenvalue weighted by molar-refractivity contribution is 9.10. The summed E-state index contributed by atoms with van der Waals surface area (Å²) in [5, 5.41) is 0. The van der Waals surface area contributed by atoms with Crippen molar-refractivity contribution in [1.29, 1.82) is 0 Å². The van der Waals surface area contributed by atoms with Crippen LogP contribution in [-0.4, -0.2) is 0 Å². The fourth-order valence-corrected chi connectivity index (χ4v) is 1.91. The van der Waals surface area contributed by atoms with Crippen molar-refractivity contribution < 1.29 is 4.42 Å². The van der Waals surface area contributed by atoms with E-state index in [0.717, 1.165) is 10.9 Å². The summed E-state index contributed by atoms with van der Waals surface area (Å²) >= 11 is 3.46. The average molecular weight is 251 g/mol. The van der Waals surface area contributed by atoms with Gasteiger partial charge in [0.1, 0.15) is 0 Å². The highest BCUT2D eigenvalue weighted by atomic mass is 79.9. The monoisotopic (exact) mass is 250 g/mol. The van der Waals surface area contributed by atoms with Gasteiger partial charge in [0.2, 0.25) is 0 Å². The summed E-state index contributed by atoms with van der Waals surface area (Å²) < 4.78 is 6.31. The van der Waals surface area contributed by atoms with Gasteiger partial charge in [-0.2, -0.15) is 0 Å². The second kappa shape index (κ2) is 4.01. The van der Waals surface area contributed by atoms with Crippen LogP contribution in [0.1, 0.15) is 12.5 Å². The lowest BCUT2D eigenvalue weighted by molar-refractivity contribution is 0.565. The standard InChI is InChI=1S/C12H11BrO/c1-2-9-7-14-8-12(9)10-4-3-5-11(13)6-10/h3-8H,2H2,1H3. The minimum absolute atomic E-state index is 0.998. The lowest BCUT2D eigenvalue weighted by Gasteiger charge is -2.00. The average Bonchev–Trinajstić information content (AvgIpc) is 2.65. The Bertz CT molecular complexity index is 431. The largest absolute Gasteiger partial charge is 0.472 e. The SMILES string of the molecule is CCc1cocc1-c1cccc(Br)c1. The first-order chi connectivity index (χ1) is 6.81. The maximum absolute atomic E-state index is 5.22. The smallest absolute Gasteiger partial charge is 0.0983 e. The molecule has 1 nitrogen and oxygen atoms in total. The number of hydrogen-bond donors (Lipinski definition) is 0. The Morgan fingerprint density at radius 2 is 2.14 bits per heavy atom. The number of benzene rings is 1. The molecule has 0 N–H and O–H groups in total. The van der Waals surface area contributed by atoms with E-state index in [4.69, 9.17) is 4.42 Å². The molecule has 0 saturated heterocycles. The van der Waals surface area contributed by atoms with Gasteiger partial charge < -0.3 is 4.42 Å². The summed E-state index contributed by atoms with van der Waals surface area (Å²) in [4.78, 5) is 0. The van der Waals surface area contributed by atoms with E-state index in [1.165, 1.54) is 16.7 Å². The summed E-state index contributed by atoms with van der Waals surface area (Å²) in [5.74, 6) is 0. The van der Waals surface area contributed by atoms with Crippen molar-refractivity contribution in [3.05, 3.63) is 46.8 Å². The Morgan fingerprint density at radius 3 is 2.86 bits per heavy atom. The zero-order valence-corrected chi connectivity index (χ0v) is 9.54. The highest BCUT2D eigenvalue weighted by Crippen LogP contribution is 2.27. The van der Waals surface area contributed by atoms with E-state index in [-0.39, 0.29) is 0 Å². The molecular formula is C12H11BrO. The third-order valence-corrected chi connectivity index (χ3v) is 2.75. The Balaban J connectivity index is 2.49. The van der Waals surface area contributed by atoms with Crippen LogP contribution in [0.5, 0.6) is 0 Å². The van der Waals surface area contributed by atoms with Gasteiger partial charge in [0, 0.05) is 10.0 Å². The van der Waals surface area contributed by atoms with Crippen molar-refractivity contribution >= 4 is 15.9 Å². The number of hydrogen-bond acceptors (Lipinski definition) is 1. The fourth-order valence-electron chi connectivity index (χ4n) is 1.51. The molecule has 0 aliphatic carbocycles. The van der Waals surface area contributed by atoms with Crippen LogP contribution in [0.2, 0.25) is 0 Å². The summed E-state index contributed by atoms with van der Waals surface area (Å²) in [6, 6.07) is 8.25. The molecule has 0 aliphatic rings. The second-order valence-corrected chi connectivity index (χ2v) is 4.09. The molecule has 0 unspecified atom stereocenters. The first-order valence-electron chi connectivity index (χ1n) is 4.62. The maximum atomic E-state index is 5.22. The van der Waals surface area contributed by atoms with E-state index >= 15 is 0 Å². The highest BCUT2D eigenvalue weighted by Gasteiger charge is 2.05. The molecule has 2 aromatic rings. The van der Waals surface area contributed by atoms with Crippen LogP contribution in [-0.2, 0) is 6.42 Å². The number of halogens is 1. The molecule has 1 heterocycles. The van der Waals surface area contributed by atoms with Crippen LogP contribution in [0.25, 0.3) is 11.1 Å². The first-order valence-corrected chi connectivity index (χ1v) is 5.41. The second-order valence-electron chi connectivity index (χ2n) is 3.17. The van der Waals surface area contributed by atoms with Crippen molar-refractivity contribution in [1.82, 2.24) is 0 Å². The van der Waals surface area contributed by atoms with E-state index in [9.17, 15) is 0 Å². The van der Waals surface area contributed by atoms with Crippen molar-refractivity contribution in [2.24, 2.45) is 0 Å². The van der Waals surface area contributed by atoms with Crippen LogP contribution in [0.3, 0.4) is 0 Å². The topological polar surface area (TPSA) is 13.1 Å². The molecule has 0 amide bonds. The van der Waals surface area contributed by atoms with Crippen molar-refractivity contribution in [2.45, 2.75) is 13.3 Å². The number of furan rings is 1. The lowest BCUT2D eigenvalue weighted by atomic mass is 10.0. The van der Waals surface area contributed by atoms with E-state index < -0.39 is 0 Å². The Kier molecular flexibility index (Phi) is 2.73. The molecule has 0 atom stereocenters. The van der Waals surface area contributed by atoms with Gasteiger partial charge in [-0.3, -0.25) is 0 Å². The van der Waals surface area contributed by atoms with Gasteiger partial charge >= 0.3 is 0 Å². The van der Waals surface area contributed by atoms with Crippen molar-refractivity contribution in [2.75, 3.05) is 0 Å². The Labute approximate surface area is 91.9 Å². The van der Waals surface area contributed by atoms with Gasteiger partial charge in [-0.1, -0.05) is 35.0 Å². The first kappa shape index (κ1) is 9.53. The number of aryl methyl sites for hydroxylation is 1. The molecule has 0 radical (unpaired) electrons. The van der Waals surface area contributed by atoms with Gasteiger partial charge in [0.05, 0.1) is 12.5 Å². The quantitative estimate of drug-likeness (QED) is 0.776. The van der Waals surface area contributed by atoms with Gasteiger partial charge in [0.15, 0.2) is 0 Å². The third-order valence-electron chi connectivity index (χ3n) is 2.26. The minimum Gasteiger partial charge on any atom is -0.472 e. The fraction of sp³-hybridized carbons (Fsp3) is 0.167. The summed E-state index contributed by atoms with van der Waals surface area (Å²) in [6.45, 7) is 2.13. The van der Waals surface area contributed by atoms with Crippen molar-refractivity contribution in [3.63, 3.8) is 0 Å². The molecule has 72 valence electrons. The van der Waals surface area contributed by atoms with Crippen molar-refractivity contribution in [3.8, 4) is 11.1 Å². The molecular weight excluding hydrogens is 240 g/mol. The van der Waals surface area contributed by atoms with Gasteiger partial charge in [0.25, 0.3) is 0 Å². The van der Waals surface area contributed by atoms with E-state index in [2.05, 4.69) is 35.0 Å². The molecule has 0 bridgehead atoms. The predicted octanol–water partition coefficient (Wildman–Crippen LogP) is 4.27. The van der Waals surface area contributed by atoms with Gasteiger partial charge in [-0.05, 0) is 29.7 Å². The maximum Gasteiger partial charge on any atom is 0.0983 e. The van der Waals surface area contributed by atoms with Crippen LogP contribution in [0.15, 0.2) is 45.7 Å². The molecule has 1 aromatic carbocycles. The Morgan fingerprint density at radius 1 is 1.29 bits per heavy atom. The molecule has 0 fully saturated rings. The van der Waals surface area contributed by atoms with E-state index in [0.29, 0.717) is 0 Å². The molecule has 2 rings (SSSR count). The molecule has 1 aromatic heterocycles. The van der Waals surface area contributed by atoms with Crippen LogP contribution >= 0.6 is 15.9 Å². The zero-order valence-electron chi connectivity index (χ0n) is 7.96. The minimum atomic E-state index is 0.998. The molecule has 14 heavy (non-hydrogen) atoms. The third kappa shape index (κ3) is 1.75. The van der Waals surface area contributed by atoms with Crippen LogP contribution in [0, 0.1) is 0 Å². The number of rotatable bonds is 2. The van der Waals surface area contributed by atoms with Gasteiger partial charge in [-0.15, -0.1) is 0 Å².